The number of ketones is 1. The van der Waals surface area contributed by atoms with Gasteiger partial charge >= 0.3 is 5.97 Å². The second-order valence-corrected chi connectivity index (χ2v) is 9.42. The Hall–Kier alpha value is -1.28. The fraction of sp³-hybridized carbons (Fsp3) is 0.545. The molecule has 1 aliphatic rings. The van der Waals surface area contributed by atoms with Crippen LogP contribution in [-0.2, 0) is 20.7 Å². The van der Waals surface area contributed by atoms with Gasteiger partial charge in [0.15, 0.2) is 0 Å². The molecule has 1 fully saturated rings. The lowest BCUT2D eigenvalue weighted by atomic mass is 10.0. The fourth-order valence-corrected chi connectivity index (χ4v) is 5.51. The highest BCUT2D eigenvalue weighted by Crippen LogP contribution is 2.34. The molecule has 0 aromatic heterocycles. The number of hydrogen-bond acceptors (Lipinski definition) is 7. The van der Waals surface area contributed by atoms with Crippen molar-refractivity contribution in [1.82, 2.24) is 0 Å². The lowest BCUT2D eigenvalue weighted by Gasteiger charge is -2.17. The molecule has 0 saturated heterocycles. The van der Waals surface area contributed by atoms with E-state index in [1.807, 2.05) is 36.4 Å². The van der Waals surface area contributed by atoms with Crippen LogP contribution in [0.3, 0.4) is 0 Å². The third kappa shape index (κ3) is 8.54. The fourth-order valence-electron chi connectivity index (χ4n) is 3.21. The minimum atomic E-state index is -0.689. The molecule has 7 heteroatoms. The van der Waals surface area contributed by atoms with Crippen LogP contribution >= 0.6 is 23.5 Å². The van der Waals surface area contributed by atoms with Gasteiger partial charge in [0, 0.05) is 12.3 Å². The topological polar surface area (TPSA) is 83.8 Å². The first-order valence-electron chi connectivity index (χ1n) is 9.88. The largest absolute Gasteiger partial charge is 0.468 e. The third-order valence-corrected chi connectivity index (χ3v) is 7.30. The van der Waals surface area contributed by atoms with Gasteiger partial charge in [0.05, 0.1) is 30.3 Å². The van der Waals surface area contributed by atoms with E-state index in [9.17, 15) is 19.8 Å². The quantitative estimate of drug-likeness (QED) is 0.295. The molecule has 0 spiro atoms. The van der Waals surface area contributed by atoms with Crippen LogP contribution in [0.15, 0.2) is 42.5 Å². The van der Waals surface area contributed by atoms with Gasteiger partial charge in [0.1, 0.15) is 5.78 Å². The Labute approximate surface area is 181 Å². The van der Waals surface area contributed by atoms with Crippen molar-refractivity contribution in [3.63, 3.8) is 0 Å². The summed E-state index contributed by atoms with van der Waals surface area (Å²) >= 11 is 3.08. The summed E-state index contributed by atoms with van der Waals surface area (Å²) in [6, 6.07) is 9.99. The molecule has 29 heavy (non-hydrogen) atoms. The minimum absolute atomic E-state index is 0.0677. The molecule has 0 heterocycles. The number of methoxy groups -OCH3 is 1. The van der Waals surface area contributed by atoms with Crippen LogP contribution in [0.1, 0.15) is 24.8 Å². The molecule has 1 aliphatic carbocycles. The van der Waals surface area contributed by atoms with Gasteiger partial charge in [-0.25, -0.2) is 0 Å². The third-order valence-electron chi connectivity index (χ3n) is 4.83. The van der Waals surface area contributed by atoms with E-state index in [1.54, 1.807) is 17.8 Å². The Kier molecular flexibility index (Phi) is 10.8. The maximum atomic E-state index is 12.3. The monoisotopic (exact) mass is 438 g/mol. The number of carbonyl (C=O) groups is 2. The lowest BCUT2D eigenvalue weighted by molar-refractivity contribution is -0.137. The number of aryl methyl sites for hydroxylation is 1. The molecule has 1 aromatic rings. The number of aliphatic hydroxyl groups excluding tert-OH is 2. The summed E-state index contributed by atoms with van der Waals surface area (Å²) < 4.78 is 4.60. The van der Waals surface area contributed by atoms with Crippen LogP contribution in [0.5, 0.6) is 0 Å². The zero-order chi connectivity index (χ0) is 21.1. The van der Waals surface area contributed by atoms with Crippen molar-refractivity contribution >= 4 is 35.3 Å². The molecule has 1 aromatic carbocycles. The second kappa shape index (κ2) is 13.1. The number of rotatable bonds is 12. The van der Waals surface area contributed by atoms with Gasteiger partial charge in [-0.3, -0.25) is 9.59 Å². The average molecular weight is 439 g/mol. The zero-order valence-corrected chi connectivity index (χ0v) is 18.4. The maximum absolute atomic E-state index is 12.3. The average Bonchev–Trinajstić information content (AvgIpc) is 3.00. The summed E-state index contributed by atoms with van der Waals surface area (Å²) in [5, 5.41) is 20.2. The van der Waals surface area contributed by atoms with Crippen LogP contribution in [-0.4, -0.2) is 63.8 Å². The highest BCUT2D eigenvalue weighted by molar-refractivity contribution is 8.01. The summed E-state index contributed by atoms with van der Waals surface area (Å²) in [4.78, 5) is 23.3. The first-order valence-corrected chi connectivity index (χ1v) is 12.1. The molecule has 1 saturated carbocycles. The molecule has 4 atom stereocenters. The lowest BCUT2D eigenvalue weighted by Crippen LogP contribution is -2.22. The first kappa shape index (κ1) is 24.0. The van der Waals surface area contributed by atoms with Crippen molar-refractivity contribution in [3.8, 4) is 0 Å². The van der Waals surface area contributed by atoms with E-state index in [0.29, 0.717) is 12.2 Å². The molecule has 2 rings (SSSR count). The van der Waals surface area contributed by atoms with Crippen LogP contribution in [0, 0.1) is 5.92 Å². The normalized spacial score (nSPS) is 22.9. The molecular formula is C22H30O5S2. The van der Waals surface area contributed by atoms with Crippen molar-refractivity contribution in [2.75, 3.05) is 24.4 Å². The highest BCUT2D eigenvalue weighted by atomic mass is 32.2. The smallest absolute Gasteiger partial charge is 0.315 e. The molecule has 2 N–H and O–H groups in total. The summed E-state index contributed by atoms with van der Waals surface area (Å²) in [7, 11) is 1.38. The molecule has 0 aliphatic heterocycles. The molecule has 5 nitrogen and oxygen atoms in total. The summed E-state index contributed by atoms with van der Waals surface area (Å²) in [6.07, 6.45) is 4.67. The second-order valence-electron chi connectivity index (χ2n) is 7.07. The highest BCUT2D eigenvalue weighted by Gasteiger charge is 2.40. The Morgan fingerprint density at radius 2 is 2.07 bits per heavy atom. The molecular weight excluding hydrogens is 408 g/mol. The number of ether oxygens (including phenoxy) is 1. The van der Waals surface area contributed by atoms with Crippen LogP contribution in [0.2, 0.25) is 0 Å². The van der Waals surface area contributed by atoms with Crippen molar-refractivity contribution in [1.29, 1.82) is 0 Å². The van der Waals surface area contributed by atoms with Gasteiger partial charge < -0.3 is 14.9 Å². The summed E-state index contributed by atoms with van der Waals surface area (Å²) in [5.41, 5.74) is 1.18. The van der Waals surface area contributed by atoms with E-state index in [0.717, 1.165) is 24.3 Å². The number of benzene rings is 1. The Morgan fingerprint density at radius 1 is 1.31 bits per heavy atom. The molecule has 1 unspecified atom stereocenters. The first-order chi connectivity index (χ1) is 14.0. The minimum Gasteiger partial charge on any atom is -0.468 e. The van der Waals surface area contributed by atoms with Gasteiger partial charge in [-0.05, 0) is 36.3 Å². The predicted molar refractivity (Wildman–Crippen MR) is 119 cm³/mol. The van der Waals surface area contributed by atoms with E-state index in [4.69, 9.17) is 0 Å². The van der Waals surface area contributed by atoms with Crippen molar-refractivity contribution in [2.45, 2.75) is 43.1 Å². The van der Waals surface area contributed by atoms with Crippen molar-refractivity contribution in [2.24, 2.45) is 5.92 Å². The number of hydrogen-bond donors (Lipinski definition) is 2. The van der Waals surface area contributed by atoms with Gasteiger partial charge in [-0.1, -0.05) is 42.5 Å². The van der Waals surface area contributed by atoms with E-state index >= 15 is 0 Å². The summed E-state index contributed by atoms with van der Waals surface area (Å²) in [6.45, 7) is 0. The maximum Gasteiger partial charge on any atom is 0.315 e. The Morgan fingerprint density at radius 3 is 2.79 bits per heavy atom. The van der Waals surface area contributed by atoms with E-state index < -0.39 is 12.2 Å². The number of Topliss-reactive ketones (excluding diaryl/α,β-unsaturated/α-hetero) is 1. The van der Waals surface area contributed by atoms with Gasteiger partial charge in [-0.2, -0.15) is 11.8 Å². The number of aliphatic hydroxyl groups is 2. The van der Waals surface area contributed by atoms with E-state index in [2.05, 4.69) is 4.74 Å². The molecule has 160 valence electrons. The van der Waals surface area contributed by atoms with E-state index in [1.165, 1.54) is 24.4 Å². The van der Waals surface area contributed by atoms with Crippen molar-refractivity contribution in [3.05, 3.63) is 48.0 Å². The van der Waals surface area contributed by atoms with E-state index in [-0.39, 0.29) is 29.3 Å². The number of carbonyl (C=O) groups excluding carboxylic acids is 2. The predicted octanol–water partition coefficient (Wildman–Crippen LogP) is 2.88. The standard InChI is InChI=1S/C22H30O5S2/c1-27-21(26)15-28-12-5-13-29-22-18(19(24)14-20(22)25)11-10-17(23)9-8-16-6-3-2-4-7-16/h2-4,6-7,10-11,17-19,22-24H,5,8-9,12-15H2,1H3/b11-10+/t17?,18-,19+,22+/m0/s1. The van der Waals surface area contributed by atoms with Gasteiger partial charge in [-0.15, -0.1) is 11.8 Å². The molecule has 0 amide bonds. The zero-order valence-electron chi connectivity index (χ0n) is 16.7. The Bertz CT molecular complexity index is 664. The molecule has 0 bridgehead atoms. The van der Waals surface area contributed by atoms with Crippen molar-refractivity contribution < 1.29 is 24.5 Å². The number of thioether (sulfide) groups is 2. The Balaban J connectivity index is 1.75. The summed E-state index contributed by atoms with van der Waals surface area (Å²) in [5.74, 6) is 1.53. The SMILES string of the molecule is COC(=O)CSCCCS[C@H]1C(=O)C[C@@H](O)[C@@H]1/C=C/C(O)CCc1ccccc1. The number of esters is 1. The van der Waals surface area contributed by atoms with Gasteiger partial charge in [0.2, 0.25) is 0 Å². The van der Waals surface area contributed by atoms with Crippen LogP contribution in [0.4, 0.5) is 0 Å². The molecule has 0 radical (unpaired) electrons. The van der Waals surface area contributed by atoms with Gasteiger partial charge in [0.25, 0.3) is 0 Å². The van der Waals surface area contributed by atoms with Crippen LogP contribution < -0.4 is 0 Å². The van der Waals surface area contributed by atoms with Crippen LogP contribution in [0.25, 0.3) is 0 Å².